The summed E-state index contributed by atoms with van der Waals surface area (Å²) < 4.78 is 0. The molecule has 5 rings (SSSR count). The Morgan fingerprint density at radius 3 is 2.11 bits per heavy atom. The third-order valence-corrected chi connectivity index (χ3v) is 6.30. The number of carbonyl (C=O) groups is 1. The fourth-order valence-corrected chi connectivity index (χ4v) is 5.72. The molecule has 0 aromatic heterocycles. The number of aryl methyl sites for hydroxylation is 1. The Labute approximate surface area is 115 Å². The molecule has 1 nitrogen and oxygen atoms in total. The van der Waals surface area contributed by atoms with Gasteiger partial charge in [-0.05, 0) is 73.8 Å². The fraction of sp³-hybridized carbons (Fsp3) is 0.611. The minimum Gasteiger partial charge on any atom is -0.302 e. The Hall–Kier alpha value is -1.11. The average Bonchev–Trinajstić information content (AvgIpc) is 2.40. The van der Waals surface area contributed by atoms with Crippen LogP contribution >= 0.6 is 0 Å². The Morgan fingerprint density at radius 2 is 1.58 bits per heavy atom. The predicted octanol–water partition coefficient (Wildman–Crippen LogP) is 3.89. The molecule has 19 heavy (non-hydrogen) atoms. The maximum absolute atomic E-state index is 12.2. The zero-order chi connectivity index (χ0) is 13.0. The van der Waals surface area contributed by atoms with Crippen molar-refractivity contribution in [3.8, 4) is 0 Å². The van der Waals surface area contributed by atoms with Crippen molar-refractivity contribution in [1.82, 2.24) is 0 Å². The molecule has 100 valence electrons. The number of carbonyl (C=O) groups excluding carboxylic acids is 1. The van der Waals surface area contributed by atoms with Crippen molar-refractivity contribution in [2.75, 3.05) is 0 Å². The molecule has 4 saturated carbocycles. The van der Waals surface area contributed by atoms with Crippen LogP contribution < -0.4 is 0 Å². The summed E-state index contributed by atoms with van der Waals surface area (Å²) in [6.07, 6.45) is 7.94. The molecular formula is C18H22O. The van der Waals surface area contributed by atoms with Gasteiger partial charge in [-0.3, -0.25) is 0 Å². The van der Waals surface area contributed by atoms with Crippen LogP contribution in [-0.2, 0) is 10.2 Å². The largest absolute Gasteiger partial charge is 0.302 e. The standard InChI is InChI=1S/C18H22O/c1-12-4-2-3-5-17(12)18(11-19)15-7-13-6-14(9-15)10-16(18)8-13/h2-5,11,13-16H,6-10H2,1H3. The molecule has 1 heteroatoms. The van der Waals surface area contributed by atoms with Crippen molar-refractivity contribution >= 4 is 6.29 Å². The molecule has 0 N–H and O–H groups in total. The van der Waals surface area contributed by atoms with E-state index in [2.05, 4.69) is 31.2 Å². The quantitative estimate of drug-likeness (QED) is 0.732. The number of hydrogen-bond acceptors (Lipinski definition) is 1. The topological polar surface area (TPSA) is 17.1 Å². The van der Waals surface area contributed by atoms with Gasteiger partial charge in [0.15, 0.2) is 0 Å². The summed E-state index contributed by atoms with van der Waals surface area (Å²) in [6.45, 7) is 2.17. The van der Waals surface area contributed by atoms with Crippen LogP contribution in [0.5, 0.6) is 0 Å². The zero-order valence-corrected chi connectivity index (χ0v) is 11.6. The highest BCUT2D eigenvalue weighted by molar-refractivity contribution is 5.72. The Kier molecular flexibility index (Phi) is 2.43. The predicted molar refractivity (Wildman–Crippen MR) is 76.0 cm³/mol. The van der Waals surface area contributed by atoms with Crippen molar-refractivity contribution in [2.45, 2.75) is 44.4 Å². The van der Waals surface area contributed by atoms with Gasteiger partial charge in [0.25, 0.3) is 0 Å². The maximum atomic E-state index is 12.2. The van der Waals surface area contributed by atoms with Crippen LogP contribution in [-0.4, -0.2) is 6.29 Å². The van der Waals surface area contributed by atoms with Crippen molar-refractivity contribution in [1.29, 1.82) is 0 Å². The molecule has 0 aliphatic heterocycles. The first-order chi connectivity index (χ1) is 9.24. The summed E-state index contributed by atoms with van der Waals surface area (Å²) >= 11 is 0. The van der Waals surface area contributed by atoms with E-state index >= 15 is 0 Å². The summed E-state index contributed by atoms with van der Waals surface area (Å²) in [5.74, 6) is 3.06. The summed E-state index contributed by atoms with van der Waals surface area (Å²) in [5, 5.41) is 0. The second-order valence-electron chi connectivity index (χ2n) is 7.17. The summed E-state index contributed by atoms with van der Waals surface area (Å²) in [4.78, 5) is 12.2. The molecule has 4 fully saturated rings. The van der Waals surface area contributed by atoms with E-state index in [4.69, 9.17) is 0 Å². The second kappa shape index (κ2) is 3.94. The highest BCUT2D eigenvalue weighted by atomic mass is 16.1. The van der Waals surface area contributed by atoms with Crippen LogP contribution in [0.2, 0.25) is 0 Å². The number of benzene rings is 1. The normalized spacial score (nSPS) is 43.4. The highest BCUT2D eigenvalue weighted by Gasteiger charge is 2.58. The molecule has 1 aromatic carbocycles. The zero-order valence-electron chi connectivity index (χ0n) is 11.6. The lowest BCUT2D eigenvalue weighted by Gasteiger charge is -2.59. The van der Waals surface area contributed by atoms with E-state index in [-0.39, 0.29) is 5.41 Å². The monoisotopic (exact) mass is 254 g/mol. The minimum absolute atomic E-state index is 0.154. The van der Waals surface area contributed by atoms with Gasteiger partial charge in [0.1, 0.15) is 6.29 Å². The van der Waals surface area contributed by atoms with Crippen molar-refractivity contribution in [3.63, 3.8) is 0 Å². The van der Waals surface area contributed by atoms with E-state index in [1.807, 2.05) is 0 Å². The van der Waals surface area contributed by atoms with Gasteiger partial charge in [-0.2, -0.15) is 0 Å². The highest BCUT2D eigenvalue weighted by Crippen LogP contribution is 2.62. The van der Waals surface area contributed by atoms with Gasteiger partial charge in [-0.1, -0.05) is 24.3 Å². The third kappa shape index (κ3) is 1.45. The second-order valence-corrected chi connectivity index (χ2v) is 7.17. The molecule has 4 bridgehead atoms. The van der Waals surface area contributed by atoms with Crippen LogP contribution in [0.15, 0.2) is 24.3 Å². The Balaban J connectivity index is 1.86. The first-order valence-electron chi connectivity index (χ1n) is 7.76. The van der Waals surface area contributed by atoms with Crippen LogP contribution in [0.1, 0.15) is 43.2 Å². The van der Waals surface area contributed by atoms with E-state index in [1.165, 1.54) is 49.5 Å². The molecule has 0 atom stereocenters. The van der Waals surface area contributed by atoms with Gasteiger partial charge in [-0.25, -0.2) is 0 Å². The molecule has 0 saturated heterocycles. The number of aldehydes is 1. The molecule has 4 aliphatic rings. The summed E-state index contributed by atoms with van der Waals surface area (Å²) in [7, 11) is 0. The van der Waals surface area contributed by atoms with Gasteiger partial charge < -0.3 is 4.79 Å². The Morgan fingerprint density at radius 1 is 1.00 bits per heavy atom. The average molecular weight is 254 g/mol. The fourth-order valence-electron chi connectivity index (χ4n) is 5.72. The molecule has 1 aromatic rings. The first-order valence-corrected chi connectivity index (χ1v) is 7.76. The van der Waals surface area contributed by atoms with Gasteiger partial charge in [-0.15, -0.1) is 0 Å². The SMILES string of the molecule is Cc1ccccc1C1(C=O)C2CC3CC(C2)CC1C3. The lowest BCUT2D eigenvalue weighted by atomic mass is 9.44. The first kappa shape index (κ1) is 11.7. The summed E-state index contributed by atoms with van der Waals surface area (Å²) in [5.41, 5.74) is 2.49. The smallest absolute Gasteiger partial charge is 0.131 e. The van der Waals surface area contributed by atoms with Crippen LogP contribution in [0, 0.1) is 30.6 Å². The van der Waals surface area contributed by atoms with Crippen molar-refractivity contribution in [2.24, 2.45) is 23.7 Å². The van der Waals surface area contributed by atoms with Crippen LogP contribution in [0.25, 0.3) is 0 Å². The molecule has 0 spiro atoms. The van der Waals surface area contributed by atoms with E-state index in [9.17, 15) is 4.79 Å². The van der Waals surface area contributed by atoms with Crippen molar-refractivity contribution < 1.29 is 4.79 Å². The third-order valence-electron chi connectivity index (χ3n) is 6.30. The van der Waals surface area contributed by atoms with Gasteiger partial charge >= 0.3 is 0 Å². The molecular weight excluding hydrogens is 232 g/mol. The maximum Gasteiger partial charge on any atom is 0.131 e. The van der Waals surface area contributed by atoms with E-state index in [0.29, 0.717) is 11.8 Å². The minimum atomic E-state index is -0.154. The van der Waals surface area contributed by atoms with Crippen LogP contribution in [0.4, 0.5) is 0 Å². The molecule has 0 unspecified atom stereocenters. The van der Waals surface area contributed by atoms with E-state index in [1.54, 1.807) is 0 Å². The lowest BCUT2D eigenvalue weighted by Crippen LogP contribution is -2.56. The van der Waals surface area contributed by atoms with Gasteiger partial charge in [0, 0.05) is 0 Å². The van der Waals surface area contributed by atoms with Gasteiger partial charge in [0.2, 0.25) is 0 Å². The Bertz CT molecular complexity index is 488. The number of rotatable bonds is 2. The van der Waals surface area contributed by atoms with E-state index in [0.717, 1.165) is 11.8 Å². The number of hydrogen-bond donors (Lipinski definition) is 0. The lowest BCUT2D eigenvalue weighted by molar-refractivity contribution is -0.129. The molecule has 0 heterocycles. The van der Waals surface area contributed by atoms with E-state index < -0.39 is 0 Å². The molecule has 0 amide bonds. The van der Waals surface area contributed by atoms with Crippen LogP contribution in [0.3, 0.4) is 0 Å². The molecule has 4 aliphatic carbocycles. The van der Waals surface area contributed by atoms with Gasteiger partial charge in [0.05, 0.1) is 5.41 Å². The van der Waals surface area contributed by atoms with Crippen molar-refractivity contribution in [3.05, 3.63) is 35.4 Å². The molecule has 0 radical (unpaired) electrons. The summed E-state index contributed by atoms with van der Waals surface area (Å²) in [6, 6.07) is 8.59.